The van der Waals surface area contributed by atoms with Gasteiger partial charge in [0.15, 0.2) is 0 Å². The van der Waals surface area contributed by atoms with Crippen molar-refractivity contribution >= 4 is 15.9 Å². The summed E-state index contributed by atoms with van der Waals surface area (Å²) in [6.07, 6.45) is 0. The molecule has 1 aromatic rings. The first kappa shape index (κ1) is 12.0. The summed E-state index contributed by atoms with van der Waals surface area (Å²) in [6.45, 7) is 4.11. The van der Waals surface area contributed by atoms with Crippen molar-refractivity contribution in [3.8, 4) is 0 Å². The van der Waals surface area contributed by atoms with E-state index in [9.17, 15) is 0 Å². The number of halogens is 1. The van der Waals surface area contributed by atoms with Gasteiger partial charge < -0.3 is 10.5 Å². The summed E-state index contributed by atoms with van der Waals surface area (Å²) in [4.78, 5) is 2.39. The normalized spacial score (nSPS) is 22.2. The standard InChI is InChI=1S/C12H17BrN2O/c13-12-4-2-1-3-10(12)8-15-5-6-16-9-11(15)7-14/h1-4,11H,5-9,14H2. The summed E-state index contributed by atoms with van der Waals surface area (Å²) < 4.78 is 6.60. The third kappa shape index (κ3) is 2.83. The zero-order valence-corrected chi connectivity index (χ0v) is 10.8. The third-order valence-corrected chi connectivity index (χ3v) is 3.73. The second kappa shape index (κ2) is 5.77. The lowest BCUT2D eigenvalue weighted by Gasteiger charge is -2.35. The highest BCUT2D eigenvalue weighted by atomic mass is 79.9. The highest BCUT2D eigenvalue weighted by molar-refractivity contribution is 9.10. The highest BCUT2D eigenvalue weighted by Crippen LogP contribution is 2.19. The molecule has 1 aliphatic rings. The van der Waals surface area contributed by atoms with Crippen molar-refractivity contribution in [3.05, 3.63) is 34.3 Å². The smallest absolute Gasteiger partial charge is 0.0634 e. The molecule has 0 saturated carbocycles. The van der Waals surface area contributed by atoms with Crippen LogP contribution in [0.5, 0.6) is 0 Å². The maximum Gasteiger partial charge on any atom is 0.0634 e. The summed E-state index contributed by atoms with van der Waals surface area (Å²) >= 11 is 3.58. The van der Waals surface area contributed by atoms with Gasteiger partial charge >= 0.3 is 0 Å². The molecular formula is C12H17BrN2O. The van der Waals surface area contributed by atoms with Gasteiger partial charge in [0.25, 0.3) is 0 Å². The molecule has 0 bridgehead atoms. The summed E-state index contributed by atoms with van der Waals surface area (Å²) in [5, 5.41) is 0. The molecule has 1 aromatic carbocycles. The minimum Gasteiger partial charge on any atom is -0.378 e. The Bertz CT molecular complexity index is 346. The van der Waals surface area contributed by atoms with Crippen LogP contribution >= 0.6 is 15.9 Å². The lowest BCUT2D eigenvalue weighted by Crippen LogP contribution is -2.48. The fourth-order valence-electron chi connectivity index (χ4n) is 1.96. The maximum absolute atomic E-state index is 5.75. The second-order valence-corrected chi connectivity index (χ2v) is 4.88. The van der Waals surface area contributed by atoms with E-state index in [0.29, 0.717) is 12.6 Å². The van der Waals surface area contributed by atoms with Gasteiger partial charge in [0.2, 0.25) is 0 Å². The summed E-state index contributed by atoms with van der Waals surface area (Å²) in [5.74, 6) is 0. The van der Waals surface area contributed by atoms with E-state index in [-0.39, 0.29) is 0 Å². The van der Waals surface area contributed by atoms with Gasteiger partial charge in [-0.3, -0.25) is 4.90 Å². The summed E-state index contributed by atoms with van der Waals surface area (Å²) in [6, 6.07) is 8.67. The van der Waals surface area contributed by atoms with Crippen molar-refractivity contribution in [2.45, 2.75) is 12.6 Å². The van der Waals surface area contributed by atoms with Crippen LogP contribution in [0.4, 0.5) is 0 Å². The number of nitrogens with zero attached hydrogens (tertiary/aromatic N) is 1. The maximum atomic E-state index is 5.75. The number of ether oxygens (including phenoxy) is 1. The van der Waals surface area contributed by atoms with E-state index in [2.05, 4.69) is 39.0 Å². The first-order valence-corrected chi connectivity index (χ1v) is 6.36. The van der Waals surface area contributed by atoms with Crippen molar-refractivity contribution in [3.63, 3.8) is 0 Å². The predicted molar refractivity (Wildman–Crippen MR) is 68.2 cm³/mol. The molecule has 2 N–H and O–H groups in total. The summed E-state index contributed by atoms with van der Waals surface area (Å²) in [7, 11) is 0. The number of hydrogen-bond donors (Lipinski definition) is 1. The van der Waals surface area contributed by atoms with E-state index in [1.165, 1.54) is 5.56 Å². The number of benzene rings is 1. The molecular weight excluding hydrogens is 268 g/mol. The van der Waals surface area contributed by atoms with Gasteiger partial charge in [-0.15, -0.1) is 0 Å². The lowest BCUT2D eigenvalue weighted by atomic mass is 10.1. The van der Waals surface area contributed by atoms with Gasteiger partial charge in [0, 0.05) is 30.1 Å². The molecule has 4 heteroatoms. The van der Waals surface area contributed by atoms with E-state index in [4.69, 9.17) is 10.5 Å². The van der Waals surface area contributed by atoms with Crippen molar-refractivity contribution < 1.29 is 4.74 Å². The molecule has 0 radical (unpaired) electrons. The van der Waals surface area contributed by atoms with Crippen LogP contribution in [0.2, 0.25) is 0 Å². The molecule has 1 aliphatic heterocycles. The molecule has 0 amide bonds. The lowest BCUT2D eigenvalue weighted by molar-refractivity contribution is -0.00801. The third-order valence-electron chi connectivity index (χ3n) is 2.95. The molecule has 0 aromatic heterocycles. The number of hydrogen-bond acceptors (Lipinski definition) is 3. The first-order valence-electron chi connectivity index (χ1n) is 5.56. The molecule has 3 nitrogen and oxygen atoms in total. The number of rotatable bonds is 3. The Labute approximate surface area is 105 Å². The van der Waals surface area contributed by atoms with Crippen LogP contribution in [0.3, 0.4) is 0 Å². The Morgan fingerprint density at radius 2 is 2.25 bits per heavy atom. The first-order chi connectivity index (χ1) is 7.81. The van der Waals surface area contributed by atoms with E-state index >= 15 is 0 Å². The topological polar surface area (TPSA) is 38.5 Å². The van der Waals surface area contributed by atoms with Gasteiger partial charge in [-0.05, 0) is 11.6 Å². The number of nitrogens with two attached hydrogens (primary N) is 1. The highest BCUT2D eigenvalue weighted by Gasteiger charge is 2.21. The minimum absolute atomic E-state index is 0.348. The zero-order chi connectivity index (χ0) is 11.4. The quantitative estimate of drug-likeness (QED) is 0.917. The average Bonchev–Trinajstić information content (AvgIpc) is 2.33. The molecule has 2 rings (SSSR count). The van der Waals surface area contributed by atoms with Gasteiger partial charge in [0.1, 0.15) is 0 Å². The van der Waals surface area contributed by atoms with Crippen molar-refractivity contribution in [1.29, 1.82) is 0 Å². The van der Waals surface area contributed by atoms with Crippen molar-refractivity contribution in [2.24, 2.45) is 5.73 Å². The van der Waals surface area contributed by atoms with Crippen LogP contribution in [0, 0.1) is 0 Å². The van der Waals surface area contributed by atoms with Crippen LogP contribution in [0.25, 0.3) is 0 Å². The average molecular weight is 285 g/mol. The van der Waals surface area contributed by atoms with Crippen LogP contribution in [0.15, 0.2) is 28.7 Å². The predicted octanol–water partition coefficient (Wildman–Crippen LogP) is 1.61. The SMILES string of the molecule is NCC1COCCN1Cc1ccccc1Br. The van der Waals surface area contributed by atoms with Crippen molar-refractivity contribution in [2.75, 3.05) is 26.3 Å². The Morgan fingerprint density at radius 3 is 3.00 bits per heavy atom. The van der Waals surface area contributed by atoms with Gasteiger partial charge in [-0.2, -0.15) is 0 Å². The second-order valence-electron chi connectivity index (χ2n) is 4.03. The zero-order valence-electron chi connectivity index (χ0n) is 9.23. The molecule has 16 heavy (non-hydrogen) atoms. The Kier molecular flexibility index (Phi) is 4.35. The molecule has 1 saturated heterocycles. The van der Waals surface area contributed by atoms with Gasteiger partial charge in [-0.1, -0.05) is 34.1 Å². The Balaban J connectivity index is 2.05. The van der Waals surface area contributed by atoms with Crippen LogP contribution < -0.4 is 5.73 Å². The minimum atomic E-state index is 0.348. The molecule has 1 atom stereocenters. The van der Waals surface area contributed by atoms with Crippen LogP contribution in [-0.2, 0) is 11.3 Å². The van der Waals surface area contributed by atoms with E-state index in [0.717, 1.165) is 30.8 Å². The molecule has 88 valence electrons. The fourth-order valence-corrected chi connectivity index (χ4v) is 2.37. The molecule has 0 spiro atoms. The molecule has 1 heterocycles. The largest absolute Gasteiger partial charge is 0.378 e. The van der Waals surface area contributed by atoms with E-state index in [1.807, 2.05) is 6.07 Å². The molecule has 1 fully saturated rings. The molecule has 1 unspecified atom stereocenters. The fraction of sp³-hybridized carbons (Fsp3) is 0.500. The van der Waals surface area contributed by atoms with E-state index < -0.39 is 0 Å². The van der Waals surface area contributed by atoms with Crippen molar-refractivity contribution in [1.82, 2.24) is 4.90 Å². The van der Waals surface area contributed by atoms with E-state index in [1.54, 1.807) is 0 Å². The van der Waals surface area contributed by atoms with Crippen LogP contribution in [-0.4, -0.2) is 37.2 Å². The van der Waals surface area contributed by atoms with Gasteiger partial charge in [-0.25, -0.2) is 0 Å². The Hall–Kier alpha value is -0.420. The number of morpholine rings is 1. The monoisotopic (exact) mass is 284 g/mol. The summed E-state index contributed by atoms with van der Waals surface area (Å²) in [5.41, 5.74) is 7.06. The van der Waals surface area contributed by atoms with Crippen LogP contribution in [0.1, 0.15) is 5.56 Å². The molecule has 0 aliphatic carbocycles. The van der Waals surface area contributed by atoms with Gasteiger partial charge in [0.05, 0.1) is 13.2 Å². The Morgan fingerprint density at radius 1 is 1.44 bits per heavy atom.